The second-order valence-corrected chi connectivity index (χ2v) is 4.95. The fourth-order valence-electron chi connectivity index (χ4n) is 2.00. The van der Waals surface area contributed by atoms with E-state index in [-0.39, 0.29) is 5.97 Å². The molecular formula is C12H23NO2. The summed E-state index contributed by atoms with van der Waals surface area (Å²) in [6.45, 7) is 10.5. The highest BCUT2D eigenvalue weighted by atomic mass is 16.5. The van der Waals surface area contributed by atoms with Gasteiger partial charge in [-0.05, 0) is 52.6 Å². The molecule has 3 nitrogen and oxygen atoms in total. The van der Waals surface area contributed by atoms with Gasteiger partial charge in [-0.3, -0.25) is 9.69 Å². The first-order chi connectivity index (χ1) is 6.98. The third-order valence-corrected chi connectivity index (χ3v) is 3.35. The van der Waals surface area contributed by atoms with E-state index in [1.807, 2.05) is 20.8 Å². The number of esters is 1. The van der Waals surface area contributed by atoms with Crippen molar-refractivity contribution in [2.24, 2.45) is 5.92 Å². The number of nitrogens with zero attached hydrogens (tertiary/aromatic N) is 1. The number of hydrogen-bond donors (Lipinski definition) is 0. The molecule has 1 aliphatic rings. The van der Waals surface area contributed by atoms with Crippen molar-refractivity contribution in [3.05, 3.63) is 0 Å². The Morgan fingerprint density at radius 1 is 1.40 bits per heavy atom. The quantitative estimate of drug-likeness (QED) is 0.672. The molecule has 0 aliphatic carbocycles. The van der Waals surface area contributed by atoms with Crippen molar-refractivity contribution in [1.29, 1.82) is 0 Å². The van der Waals surface area contributed by atoms with Crippen LogP contribution in [0.1, 0.15) is 40.5 Å². The Morgan fingerprint density at radius 2 is 1.93 bits per heavy atom. The molecule has 0 bridgehead atoms. The van der Waals surface area contributed by atoms with Crippen molar-refractivity contribution in [2.45, 2.75) is 46.1 Å². The lowest BCUT2D eigenvalue weighted by Crippen LogP contribution is -2.53. The fourth-order valence-corrected chi connectivity index (χ4v) is 2.00. The van der Waals surface area contributed by atoms with Gasteiger partial charge in [0, 0.05) is 0 Å². The number of piperidine rings is 1. The van der Waals surface area contributed by atoms with E-state index < -0.39 is 5.54 Å². The monoisotopic (exact) mass is 213 g/mol. The summed E-state index contributed by atoms with van der Waals surface area (Å²) in [5, 5.41) is 0. The smallest absolute Gasteiger partial charge is 0.325 e. The van der Waals surface area contributed by atoms with Gasteiger partial charge in [-0.25, -0.2) is 0 Å². The molecule has 0 aromatic rings. The highest BCUT2D eigenvalue weighted by molar-refractivity contribution is 5.79. The van der Waals surface area contributed by atoms with E-state index in [4.69, 9.17) is 4.74 Å². The maximum Gasteiger partial charge on any atom is 0.325 e. The van der Waals surface area contributed by atoms with Gasteiger partial charge < -0.3 is 4.74 Å². The number of carbonyl (C=O) groups is 1. The molecule has 1 saturated heterocycles. The van der Waals surface area contributed by atoms with Crippen LogP contribution >= 0.6 is 0 Å². The van der Waals surface area contributed by atoms with Gasteiger partial charge in [0.2, 0.25) is 0 Å². The second-order valence-electron chi connectivity index (χ2n) is 4.95. The zero-order valence-electron chi connectivity index (χ0n) is 10.4. The van der Waals surface area contributed by atoms with E-state index in [9.17, 15) is 4.79 Å². The number of hydrogen-bond acceptors (Lipinski definition) is 3. The number of rotatable bonds is 3. The minimum absolute atomic E-state index is 0.0976. The normalized spacial score (nSPS) is 20.3. The third kappa shape index (κ3) is 2.94. The van der Waals surface area contributed by atoms with Crippen molar-refractivity contribution in [3.8, 4) is 0 Å². The lowest BCUT2D eigenvalue weighted by Gasteiger charge is -2.40. The Labute approximate surface area is 92.8 Å². The zero-order valence-corrected chi connectivity index (χ0v) is 10.4. The molecule has 88 valence electrons. The van der Waals surface area contributed by atoms with Crippen LogP contribution in [-0.4, -0.2) is 36.1 Å². The highest BCUT2D eigenvalue weighted by Crippen LogP contribution is 2.24. The van der Waals surface area contributed by atoms with Gasteiger partial charge in [-0.1, -0.05) is 6.92 Å². The van der Waals surface area contributed by atoms with Gasteiger partial charge in [-0.15, -0.1) is 0 Å². The minimum Gasteiger partial charge on any atom is -0.465 e. The fraction of sp³-hybridized carbons (Fsp3) is 0.917. The van der Waals surface area contributed by atoms with Crippen LogP contribution in [0.5, 0.6) is 0 Å². The van der Waals surface area contributed by atoms with Crippen molar-refractivity contribution < 1.29 is 9.53 Å². The Bertz CT molecular complexity index is 218. The molecule has 15 heavy (non-hydrogen) atoms. The van der Waals surface area contributed by atoms with Crippen LogP contribution in [0.4, 0.5) is 0 Å². The van der Waals surface area contributed by atoms with Crippen LogP contribution < -0.4 is 0 Å². The van der Waals surface area contributed by atoms with Crippen LogP contribution in [0.2, 0.25) is 0 Å². The second kappa shape index (κ2) is 4.97. The largest absolute Gasteiger partial charge is 0.465 e. The van der Waals surface area contributed by atoms with Gasteiger partial charge in [0.15, 0.2) is 0 Å². The Balaban J connectivity index is 2.56. The van der Waals surface area contributed by atoms with Gasteiger partial charge in [-0.2, -0.15) is 0 Å². The van der Waals surface area contributed by atoms with E-state index in [0.29, 0.717) is 6.61 Å². The van der Waals surface area contributed by atoms with Crippen LogP contribution in [-0.2, 0) is 9.53 Å². The van der Waals surface area contributed by atoms with Crippen LogP contribution in [0.15, 0.2) is 0 Å². The molecule has 0 radical (unpaired) electrons. The Kier molecular flexibility index (Phi) is 4.14. The summed E-state index contributed by atoms with van der Waals surface area (Å²) in [6, 6.07) is 0. The van der Waals surface area contributed by atoms with Crippen molar-refractivity contribution >= 4 is 5.97 Å². The van der Waals surface area contributed by atoms with E-state index in [2.05, 4.69) is 11.8 Å². The molecule has 0 N–H and O–H groups in total. The number of likely N-dealkylation sites (tertiary alicyclic amines) is 1. The maximum absolute atomic E-state index is 11.8. The predicted octanol–water partition coefficient (Wildman–Crippen LogP) is 2.06. The molecule has 1 rings (SSSR count). The first-order valence-electron chi connectivity index (χ1n) is 5.90. The molecular weight excluding hydrogens is 190 g/mol. The summed E-state index contributed by atoms with van der Waals surface area (Å²) in [5.41, 5.74) is -0.462. The third-order valence-electron chi connectivity index (χ3n) is 3.35. The van der Waals surface area contributed by atoms with Gasteiger partial charge in [0.1, 0.15) is 5.54 Å². The molecule has 3 heteroatoms. The standard InChI is InChI=1S/C12H23NO2/c1-5-15-11(14)12(3,4)13-8-6-10(2)7-9-13/h10H,5-9H2,1-4H3. The summed E-state index contributed by atoms with van der Waals surface area (Å²) in [5.74, 6) is 0.693. The molecule has 1 fully saturated rings. The summed E-state index contributed by atoms with van der Waals surface area (Å²) in [7, 11) is 0. The minimum atomic E-state index is -0.462. The van der Waals surface area contributed by atoms with Crippen molar-refractivity contribution in [3.63, 3.8) is 0 Å². The maximum atomic E-state index is 11.8. The summed E-state index contributed by atoms with van der Waals surface area (Å²) in [4.78, 5) is 14.0. The summed E-state index contributed by atoms with van der Waals surface area (Å²) in [6.07, 6.45) is 2.37. The molecule has 0 saturated carbocycles. The van der Waals surface area contributed by atoms with Crippen LogP contribution in [0.3, 0.4) is 0 Å². The van der Waals surface area contributed by atoms with Crippen molar-refractivity contribution in [1.82, 2.24) is 4.90 Å². The molecule has 1 aliphatic heterocycles. The average molecular weight is 213 g/mol. The first kappa shape index (κ1) is 12.5. The summed E-state index contributed by atoms with van der Waals surface area (Å²) < 4.78 is 5.11. The van der Waals surface area contributed by atoms with E-state index in [0.717, 1.165) is 19.0 Å². The highest BCUT2D eigenvalue weighted by Gasteiger charge is 2.37. The SMILES string of the molecule is CCOC(=O)C(C)(C)N1CCC(C)CC1. The van der Waals surface area contributed by atoms with Gasteiger partial charge >= 0.3 is 5.97 Å². The number of ether oxygens (including phenoxy) is 1. The lowest BCUT2D eigenvalue weighted by atomic mass is 9.93. The zero-order chi connectivity index (χ0) is 11.5. The summed E-state index contributed by atoms with van der Waals surface area (Å²) >= 11 is 0. The number of carbonyl (C=O) groups excluding carboxylic acids is 1. The van der Waals surface area contributed by atoms with E-state index in [1.165, 1.54) is 12.8 Å². The van der Waals surface area contributed by atoms with Crippen LogP contribution in [0.25, 0.3) is 0 Å². The van der Waals surface area contributed by atoms with Crippen LogP contribution in [0, 0.1) is 5.92 Å². The molecule has 0 spiro atoms. The Morgan fingerprint density at radius 3 is 2.40 bits per heavy atom. The predicted molar refractivity (Wildman–Crippen MR) is 60.7 cm³/mol. The molecule has 0 unspecified atom stereocenters. The molecule has 0 aromatic carbocycles. The topological polar surface area (TPSA) is 29.5 Å². The molecule has 0 aromatic heterocycles. The van der Waals surface area contributed by atoms with Crippen molar-refractivity contribution in [2.75, 3.05) is 19.7 Å². The first-order valence-corrected chi connectivity index (χ1v) is 5.90. The van der Waals surface area contributed by atoms with E-state index in [1.54, 1.807) is 0 Å². The van der Waals surface area contributed by atoms with E-state index >= 15 is 0 Å². The van der Waals surface area contributed by atoms with Gasteiger partial charge in [0.25, 0.3) is 0 Å². The average Bonchev–Trinajstić information content (AvgIpc) is 2.18. The Hall–Kier alpha value is -0.570. The van der Waals surface area contributed by atoms with Gasteiger partial charge in [0.05, 0.1) is 6.61 Å². The lowest BCUT2D eigenvalue weighted by molar-refractivity contribution is -0.156. The molecule has 0 atom stereocenters. The molecule has 1 heterocycles. The molecule has 0 amide bonds.